The number of aromatic amines is 1. The quantitative estimate of drug-likeness (QED) is 0.353. The minimum Gasteiger partial charge on any atom is -0.307 e. The summed E-state index contributed by atoms with van der Waals surface area (Å²) in [6, 6.07) is 13.0. The van der Waals surface area contributed by atoms with Gasteiger partial charge in [0.15, 0.2) is 0 Å². The molecule has 0 spiro atoms. The van der Waals surface area contributed by atoms with Crippen LogP contribution >= 0.6 is 23.1 Å². The number of nitrogens with one attached hydrogen (secondary N) is 1. The van der Waals surface area contributed by atoms with Gasteiger partial charge in [0.05, 0.1) is 28.1 Å². The first kappa shape index (κ1) is 26.1. The lowest BCUT2D eigenvalue weighted by atomic mass is 9.68. The number of carbonyl (C=O) groups excluding carboxylic acids is 2. The number of thiazole rings is 1. The van der Waals surface area contributed by atoms with Gasteiger partial charge in [-0.1, -0.05) is 62.4 Å². The molecule has 10 heteroatoms. The SMILES string of the molecule is CC(C)(C)c1ccc([C@H]2c3sc(=O)[nH]c3SC3C4CC(C5C(=O)N(c6cccc(C(F)(F)F)c6)C(=O)C45)C32)cc1. The Labute approximate surface area is 237 Å². The van der Waals surface area contributed by atoms with Crippen LogP contribution < -0.4 is 9.77 Å². The van der Waals surface area contributed by atoms with E-state index in [2.05, 4.69) is 50.0 Å². The summed E-state index contributed by atoms with van der Waals surface area (Å²) in [5.74, 6) is -2.19. The monoisotopic (exact) mass is 584 g/mol. The van der Waals surface area contributed by atoms with Gasteiger partial charge in [-0.05, 0) is 58.9 Å². The second-order valence-corrected chi connectivity index (χ2v) is 14.6. The highest BCUT2D eigenvalue weighted by molar-refractivity contribution is 8.00. The van der Waals surface area contributed by atoms with Crippen LogP contribution in [0.25, 0.3) is 0 Å². The van der Waals surface area contributed by atoms with Crippen molar-refractivity contribution >= 4 is 40.6 Å². The molecule has 3 fully saturated rings. The van der Waals surface area contributed by atoms with Crippen molar-refractivity contribution < 1.29 is 22.8 Å². The molecule has 1 saturated heterocycles. The molecule has 2 aliphatic heterocycles. The van der Waals surface area contributed by atoms with Gasteiger partial charge in [-0.15, -0.1) is 11.8 Å². The fraction of sp³-hybridized carbons (Fsp3) is 0.433. The van der Waals surface area contributed by atoms with Crippen LogP contribution in [0.4, 0.5) is 18.9 Å². The number of halogens is 3. The number of rotatable bonds is 2. The lowest BCUT2D eigenvalue weighted by Crippen LogP contribution is -2.42. The molecule has 3 heterocycles. The number of aromatic nitrogens is 1. The van der Waals surface area contributed by atoms with Crippen LogP contribution in [0.3, 0.4) is 0 Å². The van der Waals surface area contributed by atoms with Crippen LogP contribution in [0.15, 0.2) is 58.4 Å². The molecular formula is C30H27F3N2O3S2. The van der Waals surface area contributed by atoms with Crippen molar-refractivity contribution in [3.05, 3.63) is 79.8 Å². The molecular weight excluding hydrogens is 557 g/mol. The van der Waals surface area contributed by atoms with Crippen molar-refractivity contribution in [3.63, 3.8) is 0 Å². The van der Waals surface area contributed by atoms with Gasteiger partial charge < -0.3 is 4.98 Å². The van der Waals surface area contributed by atoms with Crippen LogP contribution in [0, 0.1) is 29.6 Å². The third kappa shape index (κ3) is 3.71. The summed E-state index contributed by atoms with van der Waals surface area (Å²) in [7, 11) is 0. The van der Waals surface area contributed by atoms with Gasteiger partial charge in [0, 0.05) is 16.0 Å². The number of benzene rings is 2. The molecule has 2 aliphatic carbocycles. The highest BCUT2D eigenvalue weighted by Crippen LogP contribution is 2.68. The largest absolute Gasteiger partial charge is 0.416 e. The molecule has 0 radical (unpaired) electrons. The predicted molar refractivity (Wildman–Crippen MR) is 148 cm³/mol. The first-order valence-electron chi connectivity index (χ1n) is 13.4. The van der Waals surface area contributed by atoms with Crippen molar-refractivity contribution in [2.24, 2.45) is 29.6 Å². The number of imide groups is 1. The van der Waals surface area contributed by atoms with Crippen molar-refractivity contribution in [3.8, 4) is 0 Å². The summed E-state index contributed by atoms with van der Waals surface area (Å²) in [6.07, 6.45) is -3.85. The molecule has 40 heavy (non-hydrogen) atoms. The van der Waals surface area contributed by atoms with Crippen LogP contribution in [0.1, 0.15) is 54.7 Å². The molecule has 4 aliphatic rings. The number of hydrogen-bond donors (Lipinski definition) is 1. The highest BCUT2D eigenvalue weighted by Gasteiger charge is 2.69. The Balaban J connectivity index is 1.29. The topological polar surface area (TPSA) is 70.2 Å². The zero-order valence-corrected chi connectivity index (χ0v) is 23.6. The molecule has 7 atom stereocenters. The maximum Gasteiger partial charge on any atom is 0.416 e. The molecule has 2 bridgehead atoms. The Kier molecular flexibility index (Phi) is 5.59. The molecule has 1 N–H and O–H groups in total. The maximum atomic E-state index is 13.8. The average Bonchev–Trinajstić information content (AvgIpc) is 3.62. The molecule has 2 aromatic carbocycles. The molecule has 2 amide bonds. The van der Waals surface area contributed by atoms with E-state index in [0.717, 1.165) is 38.9 Å². The van der Waals surface area contributed by atoms with Gasteiger partial charge in [0.25, 0.3) is 0 Å². The smallest absolute Gasteiger partial charge is 0.307 e. The zero-order chi connectivity index (χ0) is 28.3. The Bertz CT molecular complexity index is 1600. The van der Waals surface area contributed by atoms with E-state index in [1.807, 2.05) is 0 Å². The summed E-state index contributed by atoms with van der Waals surface area (Å²) < 4.78 is 40.3. The van der Waals surface area contributed by atoms with E-state index in [1.165, 1.54) is 29.0 Å². The van der Waals surface area contributed by atoms with Crippen molar-refractivity contribution in [2.45, 2.75) is 55.0 Å². The number of hydrogen-bond acceptors (Lipinski definition) is 5. The number of alkyl halides is 3. The molecule has 6 unspecified atom stereocenters. The number of amides is 2. The average molecular weight is 585 g/mol. The summed E-state index contributed by atoms with van der Waals surface area (Å²) in [6.45, 7) is 6.46. The van der Waals surface area contributed by atoms with Crippen LogP contribution in [-0.2, 0) is 21.2 Å². The first-order chi connectivity index (χ1) is 18.8. The molecule has 2 saturated carbocycles. The summed E-state index contributed by atoms with van der Waals surface area (Å²) in [5, 5.41) is 0.853. The van der Waals surface area contributed by atoms with Gasteiger partial charge >= 0.3 is 11.0 Å². The van der Waals surface area contributed by atoms with Crippen LogP contribution in [-0.4, -0.2) is 22.0 Å². The van der Waals surface area contributed by atoms with Gasteiger partial charge in [-0.25, -0.2) is 0 Å². The van der Waals surface area contributed by atoms with E-state index in [4.69, 9.17) is 0 Å². The Morgan fingerprint density at radius 2 is 1.57 bits per heavy atom. The lowest BCUT2D eigenvalue weighted by Gasteiger charge is -2.43. The number of carbonyl (C=O) groups is 2. The van der Waals surface area contributed by atoms with Crippen LogP contribution in [0.5, 0.6) is 0 Å². The third-order valence-electron chi connectivity index (χ3n) is 9.29. The summed E-state index contributed by atoms with van der Waals surface area (Å²) in [5.41, 5.74) is 1.35. The highest BCUT2D eigenvalue weighted by atomic mass is 32.2. The molecule has 208 valence electrons. The lowest BCUT2D eigenvalue weighted by molar-refractivity contribution is -0.137. The normalized spacial score (nSPS) is 30.9. The zero-order valence-electron chi connectivity index (χ0n) is 22.0. The molecule has 7 rings (SSSR count). The van der Waals surface area contributed by atoms with Gasteiger partial charge in [-0.3, -0.25) is 19.3 Å². The number of H-pyrrole nitrogens is 1. The van der Waals surface area contributed by atoms with Crippen molar-refractivity contribution in [2.75, 3.05) is 4.90 Å². The number of thioether (sulfide) groups is 1. The fourth-order valence-electron chi connectivity index (χ4n) is 7.66. The third-order valence-corrected chi connectivity index (χ3v) is 11.9. The van der Waals surface area contributed by atoms with Gasteiger partial charge in [0.2, 0.25) is 11.8 Å². The first-order valence-corrected chi connectivity index (χ1v) is 15.1. The van der Waals surface area contributed by atoms with Crippen LogP contribution in [0.2, 0.25) is 0 Å². The number of fused-ring (bicyclic) bond motifs is 9. The molecule has 1 aromatic heterocycles. The Morgan fingerprint density at radius 3 is 2.23 bits per heavy atom. The van der Waals surface area contributed by atoms with Crippen molar-refractivity contribution in [1.82, 2.24) is 4.98 Å². The second-order valence-electron chi connectivity index (χ2n) is 12.4. The predicted octanol–water partition coefficient (Wildman–Crippen LogP) is 6.43. The standard InChI is InChI=1S/C30H27F3N2O3S2/c1-29(2,3)14-9-7-13(8-10-14)19-20-17-12-18(23(20)39-25-24(19)40-28(38)34-25)22-21(17)26(36)35(27(22)37)16-6-4-5-15(11-16)30(31,32)33/h4-11,17-23H,12H2,1-3H3,(H,34,38)/t17?,18?,19-,20?,21?,22?,23?/m1/s1. The Hall–Kier alpha value is -2.85. The van der Waals surface area contributed by atoms with E-state index in [-0.39, 0.29) is 44.9 Å². The van der Waals surface area contributed by atoms with E-state index in [9.17, 15) is 27.6 Å². The summed E-state index contributed by atoms with van der Waals surface area (Å²) >= 11 is 2.80. The summed E-state index contributed by atoms with van der Waals surface area (Å²) in [4.78, 5) is 44.9. The minimum absolute atomic E-state index is 0.0172. The van der Waals surface area contributed by atoms with Gasteiger partial charge in [0.1, 0.15) is 0 Å². The molecule has 5 nitrogen and oxygen atoms in total. The van der Waals surface area contributed by atoms with E-state index in [1.54, 1.807) is 11.8 Å². The van der Waals surface area contributed by atoms with E-state index < -0.39 is 35.4 Å². The number of anilines is 1. The second kappa shape index (κ2) is 8.58. The maximum absolute atomic E-state index is 13.8. The minimum atomic E-state index is -4.58. The molecule has 3 aromatic rings. The van der Waals surface area contributed by atoms with Crippen molar-refractivity contribution in [1.29, 1.82) is 0 Å². The number of nitrogens with zero attached hydrogens (tertiary/aromatic N) is 1. The Morgan fingerprint density at radius 1 is 0.900 bits per heavy atom. The van der Waals surface area contributed by atoms with Gasteiger partial charge in [-0.2, -0.15) is 13.2 Å². The van der Waals surface area contributed by atoms with E-state index in [0.29, 0.717) is 0 Å². The van der Waals surface area contributed by atoms with E-state index >= 15 is 0 Å². The fourth-order valence-corrected chi connectivity index (χ4v) is 10.5.